The van der Waals surface area contributed by atoms with Crippen molar-refractivity contribution in [3.05, 3.63) is 41.5 Å². The van der Waals surface area contributed by atoms with E-state index in [1.54, 1.807) is 13.0 Å². The van der Waals surface area contributed by atoms with E-state index < -0.39 is 0 Å². The first-order chi connectivity index (χ1) is 10.1. The Morgan fingerprint density at radius 3 is 2.76 bits per heavy atom. The molecule has 1 aromatic carbocycles. The summed E-state index contributed by atoms with van der Waals surface area (Å²) in [5, 5.41) is 4.11. The maximum absolute atomic E-state index is 11.2. The largest absolute Gasteiger partial charge is 0.463 e. The van der Waals surface area contributed by atoms with Crippen LogP contribution in [0.4, 0.5) is 0 Å². The van der Waals surface area contributed by atoms with Gasteiger partial charge in [-0.3, -0.25) is 4.79 Å². The number of nitrogens with one attached hydrogen (secondary N) is 1. The van der Waals surface area contributed by atoms with Gasteiger partial charge in [-0.1, -0.05) is 31.2 Å². The van der Waals surface area contributed by atoms with Crippen LogP contribution in [0.2, 0.25) is 0 Å². The molecule has 0 saturated heterocycles. The summed E-state index contributed by atoms with van der Waals surface area (Å²) in [4.78, 5) is 22.5. The van der Waals surface area contributed by atoms with Gasteiger partial charge < -0.3 is 4.74 Å². The first-order valence-electron chi connectivity index (χ1n) is 6.92. The summed E-state index contributed by atoms with van der Waals surface area (Å²) in [6, 6.07) is 7.66. The average molecular weight is 286 g/mol. The molecular formula is C16H18N2O3. The number of esters is 1. The Morgan fingerprint density at radius 2 is 2.14 bits per heavy atom. The second-order valence-corrected chi connectivity index (χ2v) is 4.84. The van der Waals surface area contributed by atoms with Crippen molar-refractivity contribution in [3.8, 4) is 0 Å². The number of hydrogen-bond donors (Lipinski definition) is 1. The van der Waals surface area contributed by atoms with Crippen LogP contribution >= 0.6 is 0 Å². The van der Waals surface area contributed by atoms with E-state index in [1.165, 1.54) is 6.08 Å². The number of carbonyl (C=O) groups is 2. The van der Waals surface area contributed by atoms with Gasteiger partial charge in [0, 0.05) is 18.4 Å². The zero-order valence-corrected chi connectivity index (χ0v) is 12.1. The minimum Gasteiger partial charge on any atom is -0.463 e. The fourth-order valence-corrected chi connectivity index (χ4v) is 2.12. The second kappa shape index (κ2) is 6.83. The van der Waals surface area contributed by atoms with Crippen molar-refractivity contribution >= 4 is 23.7 Å². The molecule has 0 bridgehead atoms. The zero-order valence-electron chi connectivity index (χ0n) is 12.1. The summed E-state index contributed by atoms with van der Waals surface area (Å²) >= 11 is 0. The smallest absolute Gasteiger partial charge is 0.330 e. The predicted molar refractivity (Wildman–Crippen MR) is 80.6 cm³/mol. The van der Waals surface area contributed by atoms with Crippen LogP contribution in [-0.2, 0) is 14.3 Å². The van der Waals surface area contributed by atoms with E-state index in [9.17, 15) is 9.59 Å². The molecule has 0 spiro atoms. The van der Waals surface area contributed by atoms with Crippen molar-refractivity contribution in [1.82, 2.24) is 5.43 Å². The number of benzene rings is 1. The Kier molecular flexibility index (Phi) is 4.87. The lowest BCUT2D eigenvalue weighted by Gasteiger charge is -2.19. The van der Waals surface area contributed by atoms with Crippen molar-refractivity contribution in [1.29, 1.82) is 0 Å². The van der Waals surface area contributed by atoms with Gasteiger partial charge in [0.2, 0.25) is 5.91 Å². The number of carbonyl (C=O) groups excluding carboxylic acids is 2. The number of hydrogen-bond acceptors (Lipinski definition) is 4. The minimum atomic E-state index is -0.352. The topological polar surface area (TPSA) is 67.8 Å². The van der Waals surface area contributed by atoms with E-state index in [-0.39, 0.29) is 17.8 Å². The molecule has 0 aliphatic carbocycles. The van der Waals surface area contributed by atoms with Crippen molar-refractivity contribution in [2.24, 2.45) is 11.0 Å². The monoisotopic (exact) mass is 286 g/mol. The van der Waals surface area contributed by atoms with E-state index >= 15 is 0 Å². The second-order valence-electron chi connectivity index (χ2n) is 4.84. The number of ether oxygens (including phenoxy) is 1. The molecule has 5 nitrogen and oxygen atoms in total. The Bertz CT molecular complexity index is 588. The lowest BCUT2D eigenvalue weighted by atomic mass is 9.93. The Hall–Kier alpha value is -2.43. The molecule has 0 saturated carbocycles. The number of nitrogens with zero attached hydrogens (tertiary/aromatic N) is 1. The first-order valence-corrected chi connectivity index (χ1v) is 6.92. The molecule has 1 unspecified atom stereocenters. The molecule has 0 radical (unpaired) electrons. The molecule has 0 fully saturated rings. The molecule has 1 amide bonds. The summed E-state index contributed by atoms with van der Waals surface area (Å²) in [5.41, 5.74) is 5.25. The SMILES string of the molecule is CCOC(=O)/C=C/c1ccc(C2=NNC(=O)CC2C)cc1. The maximum atomic E-state index is 11.2. The van der Waals surface area contributed by atoms with E-state index in [0.29, 0.717) is 13.0 Å². The van der Waals surface area contributed by atoms with Crippen LogP contribution in [0.1, 0.15) is 31.4 Å². The highest BCUT2D eigenvalue weighted by Crippen LogP contribution is 2.17. The lowest BCUT2D eigenvalue weighted by Crippen LogP contribution is -2.31. The van der Waals surface area contributed by atoms with Crippen LogP contribution in [0.15, 0.2) is 35.4 Å². The Labute approximate surface area is 123 Å². The van der Waals surface area contributed by atoms with Crippen LogP contribution in [0.3, 0.4) is 0 Å². The molecule has 0 aromatic heterocycles. The zero-order chi connectivity index (χ0) is 15.2. The molecule has 5 heteroatoms. The fraction of sp³-hybridized carbons (Fsp3) is 0.312. The highest BCUT2D eigenvalue weighted by Gasteiger charge is 2.21. The third-order valence-electron chi connectivity index (χ3n) is 3.16. The molecule has 1 atom stereocenters. The van der Waals surface area contributed by atoms with Gasteiger partial charge in [0.15, 0.2) is 0 Å². The summed E-state index contributed by atoms with van der Waals surface area (Å²) < 4.78 is 4.82. The van der Waals surface area contributed by atoms with Gasteiger partial charge in [-0.2, -0.15) is 5.10 Å². The quantitative estimate of drug-likeness (QED) is 0.681. The van der Waals surface area contributed by atoms with Gasteiger partial charge >= 0.3 is 5.97 Å². The normalized spacial score (nSPS) is 18.3. The Morgan fingerprint density at radius 1 is 1.43 bits per heavy atom. The van der Waals surface area contributed by atoms with E-state index in [2.05, 4.69) is 10.5 Å². The van der Waals surface area contributed by atoms with Gasteiger partial charge in [0.1, 0.15) is 0 Å². The van der Waals surface area contributed by atoms with Crippen molar-refractivity contribution in [2.45, 2.75) is 20.3 Å². The summed E-state index contributed by atoms with van der Waals surface area (Å²) in [5.74, 6) is -0.311. The van der Waals surface area contributed by atoms with Crippen molar-refractivity contribution < 1.29 is 14.3 Å². The van der Waals surface area contributed by atoms with Crippen LogP contribution in [-0.4, -0.2) is 24.2 Å². The predicted octanol–water partition coefficient (Wildman–Crippen LogP) is 2.12. The third kappa shape index (κ3) is 4.02. The highest BCUT2D eigenvalue weighted by molar-refractivity contribution is 6.05. The van der Waals surface area contributed by atoms with Crippen LogP contribution in [0.5, 0.6) is 0 Å². The molecule has 2 rings (SSSR count). The average Bonchev–Trinajstić information content (AvgIpc) is 2.46. The van der Waals surface area contributed by atoms with Gasteiger partial charge in [-0.25, -0.2) is 10.2 Å². The fourth-order valence-electron chi connectivity index (χ4n) is 2.12. The molecule has 1 aliphatic rings. The number of hydrazone groups is 1. The number of amides is 1. The molecule has 1 N–H and O–H groups in total. The highest BCUT2D eigenvalue weighted by atomic mass is 16.5. The standard InChI is InChI=1S/C16H18N2O3/c1-3-21-15(20)9-6-12-4-7-13(8-5-12)16-11(2)10-14(19)17-18-16/h4-9,11H,3,10H2,1-2H3,(H,17,19)/b9-6+. The lowest BCUT2D eigenvalue weighted by molar-refractivity contribution is -0.137. The molecule has 1 aliphatic heterocycles. The molecule has 1 heterocycles. The van der Waals surface area contributed by atoms with E-state index in [4.69, 9.17) is 4.74 Å². The van der Waals surface area contributed by atoms with Crippen LogP contribution < -0.4 is 5.43 Å². The summed E-state index contributed by atoms with van der Waals surface area (Å²) in [6.07, 6.45) is 3.55. The number of rotatable bonds is 4. The summed E-state index contributed by atoms with van der Waals surface area (Å²) in [7, 11) is 0. The summed E-state index contributed by atoms with van der Waals surface area (Å²) in [6.45, 7) is 4.11. The van der Waals surface area contributed by atoms with E-state index in [1.807, 2.05) is 31.2 Å². The third-order valence-corrected chi connectivity index (χ3v) is 3.16. The van der Waals surface area contributed by atoms with Crippen molar-refractivity contribution in [2.75, 3.05) is 6.61 Å². The van der Waals surface area contributed by atoms with Gasteiger partial charge in [-0.15, -0.1) is 0 Å². The minimum absolute atomic E-state index is 0.0553. The molecule has 110 valence electrons. The molecule has 1 aromatic rings. The van der Waals surface area contributed by atoms with Gasteiger partial charge in [-0.05, 0) is 24.1 Å². The van der Waals surface area contributed by atoms with E-state index in [0.717, 1.165) is 16.8 Å². The van der Waals surface area contributed by atoms with Gasteiger partial charge in [0.25, 0.3) is 0 Å². The van der Waals surface area contributed by atoms with Gasteiger partial charge in [0.05, 0.1) is 12.3 Å². The molecular weight excluding hydrogens is 268 g/mol. The molecule has 21 heavy (non-hydrogen) atoms. The van der Waals surface area contributed by atoms with Crippen LogP contribution in [0, 0.1) is 5.92 Å². The Balaban J connectivity index is 2.09. The maximum Gasteiger partial charge on any atom is 0.330 e. The van der Waals surface area contributed by atoms with Crippen molar-refractivity contribution in [3.63, 3.8) is 0 Å². The first kappa shape index (κ1) is 15.0. The van der Waals surface area contributed by atoms with Crippen LogP contribution in [0.25, 0.3) is 6.08 Å².